The van der Waals surface area contributed by atoms with Crippen LogP contribution in [-0.4, -0.2) is 41.5 Å². The lowest BCUT2D eigenvalue weighted by Gasteiger charge is -2.33. The second-order valence-electron chi connectivity index (χ2n) is 5.58. The molecule has 25 heavy (non-hydrogen) atoms. The highest BCUT2D eigenvalue weighted by atomic mass is 35.5. The molecular weight excluding hydrogens is 383 g/mol. The summed E-state index contributed by atoms with van der Waals surface area (Å²) in [7, 11) is 0. The number of aromatic nitrogens is 5. The van der Waals surface area contributed by atoms with Crippen LogP contribution in [0.2, 0.25) is 10.3 Å². The van der Waals surface area contributed by atoms with Crippen molar-refractivity contribution < 1.29 is 4.79 Å². The maximum Gasteiger partial charge on any atom is 0.254 e. The van der Waals surface area contributed by atoms with Crippen molar-refractivity contribution >= 4 is 40.6 Å². The zero-order valence-electron chi connectivity index (χ0n) is 13.1. The van der Waals surface area contributed by atoms with E-state index in [4.69, 9.17) is 23.2 Å². The minimum absolute atomic E-state index is 0.0565. The van der Waals surface area contributed by atoms with E-state index in [0.29, 0.717) is 34.5 Å². The van der Waals surface area contributed by atoms with Crippen LogP contribution < -0.4 is 0 Å². The summed E-state index contributed by atoms with van der Waals surface area (Å²) >= 11 is 12.9. The third kappa shape index (κ3) is 2.90. The van der Waals surface area contributed by atoms with Gasteiger partial charge in [-0.25, -0.2) is 4.98 Å². The summed E-state index contributed by atoms with van der Waals surface area (Å²) < 4.78 is 5.94. The van der Waals surface area contributed by atoms with Gasteiger partial charge in [0.1, 0.15) is 0 Å². The Labute approximate surface area is 157 Å². The number of fused-ring (bicyclic) bond motifs is 1. The zero-order chi connectivity index (χ0) is 17.6. The van der Waals surface area contributed by atoms with E-state index in [2.05, 4.69) is 19.6 Å². The first kappa shape index (κ1) is 16.4. The van der Waals surface area contributed by atoms with Crippen LogP contribution in [-0.2, 0) is 6.54 Å². The average Bonchev–Trinajstić information content (AvgIpc) is 3.21. The molecule has 1 aliphatic rings. The SMILES string of the molecule is CC1c2nnc(-c3nc(Cl)ns3)n2CCN1C(=O)c1ccc(Cl)cc1. The van der Waals surface area contributed by atoms with Crippen molar-refractivity contribution in [2.24, 2.45) is 0 Å². The van der Waals surface area contributed by atoms with Gasteiger partial charge < -0.3 is 9.47 Å². The lowest BCUT2D eigenvalue weighted by Crippen LogP contribution is -2.41. The van der Waals surface area contributed by atoms with Crippen LogP contribution in [0.1, 0.15) is 29.1 Å². The molecule has 0 aliphatic carbocycles. The Morgan fingerprint density at radius 2 is 1.96 bits per heavy atom. The predicted octanol–water partition coefficient (Wildman–Crippen LogP) is 3.32. The molecule has 0 saturated heterocycles. The Morgan fingerprint density at radius 3 is 2.64 bits per heavy atom. The third-order valence-electron chi connectivity index (χ3n) is 4.13. The van der Waals surface area contributed by atoms with Gasteiger partial charge in [0.25, 0.3) is 5.91 Å². The molecule has 0 radical (unpaired) electrons. The van der Waals surface area contributed by atoms with E-state index in [9.17, 15) is 4.79 Å². The Bertz CT molecular complexity index is 938. The van der Waals surface area contributed by atoms with E-state index >= 15 is 0 Å². The Hall–Kier alpha value is -2.03. The molecule has 128 valence electrons. The number of rotatable bonds is 2. The summed E-state index contributed by atoms with van der Waals surface area (Å²) in [5, 5.41) is 9.89. The maximum absolute atomic E-state index is 12.8. The number of hydrogen-bond acceptors (Lipinski definition) is 6. The second-order valence-corrected chi connectivity index (χ2v) is 7.11. The molecular formula is C15H12Cl2N6OS. The molecule has 1 amide bonds. The van der Waals surface area contributed by atoms with Gasteiger partial charge in [-0.15, -0.1) is 10.2 Å². The van der Waals surface area contributed by atoms with E-state index < -0.39 is 0 Å². The van der Waals surface area contributed by atoms with Crippen molar-refractivity contribution in [3.63, 3.8) is 0 Å². The molecule has 0 bridgehead atoms. The van der Waals surface area contributed by atoms with Crippen LogP contribution in [0.25, 0.3) is 10.8 Å². The highest BCUT2D eigenvalue weighted by Crippen LogP contribution is 2.30. The second kappa shape index (κ2) is 6.36. The summed E-state index contributed by atoms with van der Waals surface area (Å²) in [5.41, 5.74) is 0.598. The van der Waals surface area contributed by atoms with Crippen LogP contribution in [0.3, 0.4) is 0 Å². The smallest absolute Gasteiger partial charge is 0.254 e. The van der Waals surface area contributed by atoms with Crippen LogP contribution in [0.15, 0.2) is 24.3 Å². The van der Waals surface area contributed by atoms with Gasteiger partial charge in [0.2, 0.25) is 5.28 Å². The minimum Gasteiger partial charge on any atom is -0.327 e. The van der Waals surface area contributed by atoms with Crippen molar-refractivity contribution in [3.8, 4) is 10.8 Å². The highest BCUT2D eigenvalue weighted by Gasteiger charge is 2.32. The summed E-state index contributed by atoms with van der Waals surface area (Å²) in [5.74, 6) is 1.29. The van der Waals surface area contributed by atoms with Gasteiger partial charge in [0.05, 0.1) is 6.04 Å². The Morgan fingerprint density at radius 1 is 1.20 bits per heavy atom. The zero-order valence-corrected chi connectivity index (χ0v) is 15.4. The molecule has 2 aromatic heterocycles. The topological polar surface area (TPSA) is 76.8 Å². The van der Waals surface area contributed by atoms with Crippen LogP contribution in [0, 0.1) is 0 Å². The van der Waals surface area contributed by atoms with Gasteiger partial charge >= 0.3 is 0 Å². The molecule has 1 aliphatic heterocycles. The number of halogens is 2. The van der Waals surface area contributed by atoms with Gasteiger partial charge in [-0.3, -0.25) is 4.79 Å². The number of hydrogen-bond donors (Lipinski definition) is 0. The molecule has 0 saturated carbocycles. The minimum atomic E-state index is -0.207. The van der Waals surface area contributed by atoms with Crippen molar-refractivity contribution in [3.05, 3.63) is 46.0 Å². The molecule has 1 aromatic carbocycles. The van der Waals surface area contributed by atoms with Gasteiger partial charge in [0, 0.05) is 23.7 Å². The molecule has 0 N–H and O–H groups in total. The van der Waals surface area contributed by atoms with Gasteiger partial charge in [-0.05, 0) is 54.3 Å². The molecule has 7 nitrogen and oxygen atoms in total. The fraction of sp³-hybridized carbons (Fsp3) is 0.267. The summed E-state index contributed by atoms with van der Waals surface area (Å²) in [6, 6.07) is 6.67. The van der Waals surface area contributed by atoms with Crippen LogP contribution in [0.4, 0.5) is 0 Å². The molecule has 4 rings (SSSR count). The molecule has 0 spiro atoms. The quantitative estimate of drug-likeness (QED) is 0.665. The Balaban J connectivity index is 1.63. The van der Waals surface area contributed by atoms with E-state index in [1.165, 1.54) is 11.5 Å². The number of carbonyl (C=O) groups is 1. The first-order valence-corrected chi connectivity index (χ1v) is 9.07. The normalized spacial score (nSPS) is 16.8. The fourth-order valence-corrected chi connectivity index (χ4v) is 3.80. The first-order chi connectivity index (χ1) is 12.0. The van der Waals surface area contributed by atoms with Crippen LogP contribution >= 0.6 is 34.7 Å². The van der Waals surface area contributed by atoms with Crippen molar-refractivity contribution in [1.29, 1.82) is 0 Å². The number of carbonyl (C=O) groups excluding carboxylic acids is 1. The van der Waals surface area contributed by atoms with Gasteiger partial charge in [-0.2, -0.15) is 4.37 Å². The van der Waals surface area contributed by atoms with Crippen molar-refractivity contribution in [1.82, 2.24) is 29.0 Å². The summed E-state index contributed by atoms with van der Waals surface area (Å²) in [6.07, 6.45) is 0. The molecule has 1 atom stereocenters. The standard InChI is InChI=1S/C15H12Cl2N6OS/c1-8-11-19-20-12(13-18-15(17)21-25-13)23(11)7-6-22(8)14(24)9-2-4-10(16)5-3-9/h2-5,8H,6-7H2,1H3. The Kier molecular flexibility index (Phi) is 4.18. The molecule has 10 heteroatoms. The fourth-order valence-electron chi connectivity index (χ4n) is 2.88. The number of nitrogens with zero attached hydrogens (tertiary/aromatic N) is 6. The molecule has 1 unspecified atom stereocenters. The van der Waals surface area contributed by atoms with Gasteiger partial charge in [0.15, 0.2) is 16.7 Å². The lowest BCUT2D eigenvalue weighted by atomic mass is 10.1. The average molecular weight is 395 g/mol. The highest BCUT2D eigenvalue weighted by molar-refractivity contribution is 7.09. The largest absolute Gasteiger partial charge is 0.327 e. The van der Waals surface area contributed by atoms with E-state index in [-0.39, 0.29) is 17.2 Å². The monoisotopic (exact) mass is 394 g/mol. The first-order valence-electron chi connectivity index (χ1n) is 7.54. The maximum atomic E-state index is 12.8. The van der Waals surface area contributed by atoms with E-state index in [1.54, 1.807) is 29.2 Å². The number of amides is 1. The van der Waals surface area contributed by atoms with Gasteiger partial charge in [-0.1, -0.05) is 11.6 Å². The van der Waals surface area contributed by atoms with E-state index in [1.807, 2.05) is 11.5 Å². The molecule has 3 aromatic rings. The van der Waals surface area contributed by atoms with Crippen molar-refractivity contribution in [2.75, 3.05) is 6.54 Å². The lowest BCUT2D eigenvalue weighted by molar-refractivity contribution is 0.0638. The molecule has 3 heterocycles. The molecule has 0 fully saturated rings. The van der Waals surface area contributed by atoms with Crippen molar-refractivity contribution in [2.45, 2.75) is 19.5 Å². The van der Waals surface area contributed by atoms with E-state index in [0.717, 1.165) is 5.82 Å². The predicted molar refractivity (Wildman–Crippen MR) is 94.8 cm³/mol. The summed E-state index contributed by atoms with van der Waals surface area (Å²) in [6.45, 7) is 3.07. The van der Waals surface area contributed by atoms with Crippen LogP contribution in [0.5, 0.6) is 0 Å². The number of benzene rings is 1. The third-order valence-corrected chi connectivity index (χ3v) is 5.36. The summed E-state index contributed by atoms with van der Waals surface area (Å²) in [4.78, 5) is 18.7.